The van der Waals surface area contributed by atoms with E-state index >= 15 is 4.79 Å². The predicted octanol–water partition coefficient (Wildman–Crippen LogP) is 11.8. The summed E-state index contributed by atoms with van der Waals surface area (Å²) < 4.78 is 12.8. The lowest BCUT2D eigenvalue weighted by atomic mass is 9.74. The van der Waals surface area contributed by atoms with Gasteiger partial charge in [0.15, 0.2) is 0 Å². The zero-order valence-corrected chi connectivity index (χ0v) is 39.0. The van der Waals surface area contributed by atoms with Crippen molar-refractivity contribution in [2.75, 3.05) is 49.1 Å². The van der Waals surface area contributed by atoms with Gasteiger partial charge >= 0.3 is 0 Å². The fraction of sp³-hybridized carbons (Fsp3) is 0.407. The fourth-order valence-electron chi connectivity index (χ4n) is 9.41. The number of anilines is 2. The maximum atomic E-state index is 15.2. The number of nitrogens with one attached hydrogen (secondary N) is 1. The number of nitrogens with two attached hydrogens (primary N) is 1. The molecule has 3 N–H and O–H groups in total. The average molecular weight is 878 g/mol. The number of rotatable bonds is 23. The first-order valence-corrected chi connectivity index (χ1v) is 23.9. The standard InChI is InChI=1S/C54H67N7O4/c1-6-11-12-13-18-35-64-44-30-26-41(27-31-44)58-57-40-24-22-39(23-25-40)38-56-52(62)49(21-16-17-34-55)61-53(63)45-19-14-15-20-46(45)54(61)47-32-28-42(59(7-2)8-3)36-50(47)65-51-37-43(29-33-48(51)54)60(9-4)10-5/h14-15,19-20,22-33,36-37,49H,6-13,16-18,21,34-35,38,55H2,1-5H3,(H,56,62)/t49-/m0/s1. The SMILES string of the molecule is CCCCCCCOc1ccc(N=Nc2ccc(CNC(=O)[C@H](CCCCN)N3C(=O)c4ccccc4C34c3ccc(N(CC)CC)cc3Oc3cc(N(CC)CC)ccc34)cc2)cc1. The molecule has 0 saturated heterocycles. The van der Waals surface area contributed by atoms with Crippen molar-refractivity contribution in [1.29, 1.82) is 0 Å². The third kappa shape index (κ3) is 10.1. The van der Waals surface area contributed by atoms with Gasteiger partial charge in [-0.2, -0.15) is 10.2 Å². The number of carbonyl (C=O) groups is 2. The molecule has 342 valence electrons. The Morgan fingerprint density at radius 1 is 0.708 bits per heavy atom. The van der Waals surface area contributed by atoms with Crippen LogP contribution < -0.4 is 30.3 Å². The number of benzene rings is 5. The molecule has 2 heterocycles. The van der Waals surface area contributed by atoms with Gasteiger partial charge in [-0.3, -0.25) is 9.59 Å². The molecule has 0 unspecified atom stereocenters. The van der Waals surface area contributed by atoms with Gasteiger partial charge in [-0.05, 0) is 126 Å². The van der Waals surface area contributed by atoms with Gasteiger partial charge in [0.25, 0.3) is 5.91 Å². The number of hydrogen-bond donors (Lipinski definition) is 2. The van der Waals surface area contributed by atoms with E-state index in [4.69, 9.17) is 15.2 Å². The summed E-state index contributed by atoms with van der Waals surface area (Å²) in [4.78, 5) is 36.6. The van der Waals surface area contributed by atoms with Crippen LogP contribution in [0.4, 0.5) is 22.7 Å². The lowest BCUT2D eigenvalue weighted by Crippen LogP contribution is -2.57. The molecule has 0 aromatic heterocycles. The van der Waals surface area contributed by atoms with Crippen LogP contribution in [-0.2, 0) is 16.9 Å². The topological polar surface area (TPSA) is 125 Å². The van der Waals surface area contributed by atoms with Crippen LogP contribution in [0, 0.1) is 0 Å². The van der Waals surface area contributed by atoms with Crippen molar-refractivity contribution in [2.24, 2.45) is 16.0 Å². The molecule has 0 fully saturated rings. The minimum Gasteiger partial charge on any atom is -0.494 e. The van der Waals surface area contributed by atoms with Gasteiger partial charge in [-0.15, -0.1) is 0 Å². The van der Waals surface area contributed by atoms with E-state index in [9.17, 15) is 4.79 Å². The van der Waals surface area contributed by atoms with E-state index in [1.807, 2.05) is 77.7 Å². The third-order valence-corrected chi connectivity index (χ3v) is 12.9. The first kappa shape index (κ1) is 46.8. The zero-order chi connectivity index (χ0) is 45.8. The summed E-state index contributed by atoms with van der Waals surface area (Å²) in [6.07, 6.45) is 7.81. The zero-order valence-electron chi connectivity index (χ0n) is 39.0. The smallest absolute Gasteiger partial charge is 0.256 e. The Bertz CT molecular complexity index is 2330. The summed E-state index contributed by atoms with van der Waals surface area (Å²) in [6, 6.07) is 34.9. The molecule has 0 aliphatic carbocycles. The normalized spacial score (nSPS) is 13.9. The largest absolute Gasteiger partial charge is 0.494 e. The number of hydrogen-bond acceptors (Lipinski definition) is 9. The van der Waals surface area contributed by atoms with Crippen LogP contribution in [0.3, 0.4) is 0 Å². The lowest BCUT2D eigenvalue weighted by molar-refractivity contribution is -0.127. The summed E-state index contributed by atoms with van der Waals surface area (Å²) in [5.41, 5.74) is 12.3. The van der Waals surface area contributed by atoms with Gasteiger partial charge < -0.3 is 35.2 Å². The Hall–Kier alpha value is -6.20. The van der Waals surface area contributed by atoms with Crippen LogP contribution in [0.15, 0.2) is 119 Å². The molecule has 11 nitrogen and oxygen atoms in total. The summed E-state index contributed by atoms with van der Waals surface area (Å²) in [5, 5.41) is 12.1. The third-order valence-electron chi connectivity index (χ3n) is 12.9. The van der Waals surface area contributed by atoms with Crippen LogP contribution in [0.25, 0.3) is 0 Å². The molecule has 2 amide bonds. The minimum atomic E-state index is -1.15. The molecule has 5 aromatic rings. The molecule has 65 heavy (non-hydrogen) atoms. The van der Waals surface area contributed by atoms with E-state index in [0.29, 0.717) is 48.7 Å². The molecule has 0 bridgehead atoms. The van der Waals surface area contributed by atoms with Crippen molar-refractivity contribution in [2.45, 2.75) is 104 Å². The lowest BCUT2D eigenvalue weighted by Gasteiger charge is -2.47. The van der Waals surface area contributed by atoms with Gasteiger partial charge in [0.1, 0.15) is 28.8 Å². The Labute approximate surface area is 386 Å². The van der Waals surface area contributed by atoms with E-state index in [0.717, 1.165) is 84.1 Å². The van der Waals surface area contributed by atoms with Crippen LogP contribution in [0.2, 0.25) is 0 Å². The molecule has 2 aliphatic rings. The molecular weight excluding hydrogens is 811 g/mol. The van der Waals surface area contributed by atoms with Crippen molar-refractivity contribution >= 4 is 34.6 Å². The highest BCUT2D eigenvalue weighted by Gasteiger charge is 2.59. The van der Waals surface area contributed by atoms with Gasteiger partial charge in [0, 0.05) is 72.9 Å². The summed E-state index contributed by atoms with van der Waals surface area (Å²) >= 11 is 0. The molecule has 11 heteroatoms. The van der Waals surface area contributed by atoms with Crippen molar-refractivity contribution in [3.8, 4) is 17.2 Å². The molecule has 5 aromatic carbocycles. The van der Waals surface area contributed by atoms with Crippen LogP contribution in [0.5, 0.6) is 17.2 Å². The Morgan fingerprint density at radius 2 is 1.29 bits per heavy atom. The van der Waals surface area contributed by atoms with Gasteiger partial charge in [-0.1, -0.05) is 75.1 Å². The van der Waals surface area contributed by atoms with E-state index in [1.165, 1.54) is 25.7 Å². The number of carbonyl (C=O) groups excluding carboxylic acids is 2. The maximum absolute atomic E-state index is 15.2. The van der Waals surface area contributed by atoms with Gasteiger partial charge in [0.2, 0.25) is 5.91 Å². The summed E-state index contributed by atoms with van der Waals surface area (Å²) in [6.45, 7) is 15.6. The Morgan fingerprint density at radius 3 is 1.88 bits per heavy atom. The van der Waals surface area contributed by atoms with Crippen molar-refractivity contribution in [3.63, 3.8) is 0 Å². The number of unbranched alkanes of at least 4 members (excludes halogenated alkanes) is 5. The maximum Gasteiger partial charge on any atom is 0.256 e. The average Bonchev–Trinajstić information content (AvgIpc) is 3.59. The first-order valence-electron chi connectivity index (χ1n) is 23.9. The van der Waals surface area contributed by atoms with Crippen LogP contribution in [-0.4, -0.2) is 62.1 Å². The number of fused-ring (bicyclic) bond motifs is 6. The molecular formula is C54H67N7O4. The highest BCUT2D eigenvalue weighted by atomic mass is 16.5. The monoisotopic (exact) mass is 878 g/mol. The Kier molecular flexibility index (Phi) is 15.9. The molecule has 0 radical (unpaired) electrons. The van der Waals surface area contributed by atoms with Crippen LogP contribution in [0.1, 0.15) is 119 Å². The van der Waals surface area contributed by atoms with E-state index in [1.54, 1.807) is 0 Å². The molecule has 1 atom stereocenters. The molecule has 2 aliphatic heterocycles. The molecule has 1 spiro atoms. The van der Waals surface area contributed by atoms with Crippen molar-refractivity contribution < 1.29 is 19.1 Å². The quantitative estimate of drug-likeness (QED) is 0.0494. The Balaban J connectivity index is 1.17. The predicted molar refractivity (Wildman–Crippen MR) is 262 cm³/mol. The second-order valence-electron chi connectivity index (χ2n) is 16.9. The van der Waals surface area contributed by atoms with Crippen LogP contribution >= 0.6 is 0 Å². The number of ether oxygens (including phenoxy) is 2. The summed E-state index contributed by atoms with van der Waals surface area (Å²) in [5.74, 6) is 1.74. The minimum absolute atomic E-state index is 0.192. The second kappa shape index (κ2) is 22.1. The summed E-state index contributed by atoms with van der Waals surface area (Å²) in [7, 11) is 0. The highest BCUT2D eigenvalue weighted by Crippen LogP contribution is 2.59. The number of nitrogens with zero attached hydrogens (tertiary/aromatic N) is 5. The van der Waals surface area contributed by atoms with Crippen molar-refractivity contribution in [1.82, 2.24) is 10.2 Å². The first-order chi connectivity index (χ1) is 31.8. The van der Waals surface area contributed by atoms with Gasteiger partial charge in [0.05, 0.1) is 18.0 Å². The van der Waals surface area contributed by atoms with Crippen molar-refractivity contribution in [3.05, 3.63) is 137 Å². The fourth-order valence-corrected chi connectivity index (χ4v) is 9.41. The number of amides is 2. The van der Waals surface area contributed by atoms with Gasteiger partial charge in [-0.25, -0.2) is 0 Å². The van der Waals surface area contributed by atoms with E-state index < -0.39 is 11.6 Å². The molecule has 7 rings (SSSR count). The molecule has 0 saturated carbocycles. The van der Waals surface area contributed by atoms with E-state index in [2.05, 4.69) is 96.4 Å². The van der Waals surface area contributed by atoms with E-state index in [-0.39, 0.29) is 18.4 Å². The number of azo groups is 1. The highest BCUT2D eigenvalue weighted by molar-refractivity contribution is 6.05. The second-order valence-corrected chi connectivity index (χ2v) is 16.9.